The molecule has 0 radical (unpaired) electrons. The van der Waals surface area contributed by atoms with E-state index in [4.69, 9.17) is 4.74 Å². The topological polar surface area (TPSA) is 50.3 Å². The number of rotatable bonds is 4. The Labute approximate surface area is 149 Å². The van der Waals surface area contributed by atoms with Crippen LogP contribution in [-0.4, -0.2) is 46.6 Å². The first-order valence-corrected chi connectivity index (χ1v) is 9.22. The summed E-state index contributed by atoms with van der Waals surface area (Å²) in [4.78, 5) is 11.7. The summed E-state index contributed by atoms with van der Waals surface area (Å²) in [5, 5.41) is 3.53. The van der Waals surface area contributed by atoms with Crippen LogP contribution in [0.5, 0.6) is 0 Å². The van der Waals surface area contributed by atoms with Crippen LogP contribution in [0, 0.1) is 6.92 Å². The van der Waals surface area contributed by atoms with Crippen LogP contribution >= 0.6 is 0 Å². The number of benzene rings is 1. The lowest BCUT2D eigenvalue weighted by Gasteiger charge is -2.35. The zero-order chi connectivity index (χ0) is 17.2. The number of morpholine rings is 1. The van der Waals surface area contributed by atoms with Crippen molar-refractivity contribution in [2.75, 3.05) is 25.0 Å². The van der Waals surface area contributed by atoms with E-state index in [1.807, 2.05) is 6.20 Å². The van der Waals surface area contributed by atoms with Crippen LogP contribution in [0.1, 0.15) is 36.3 Å². The van der Waals surface area contributed by atoms with Gasteiger partial charge in [0.2, 0.25) is 5.95 Å². The highest BCUT2D eigenvalue weighted by molar-refractivity contribution is 5.31. The maximum atomic E-state index is 6.13. The molecule has 1 aromatic heterocycles. The molecule has 132 valence electrons. The molecule has 2 aromatic rings. The first kappa shape index (κ1) is 16.5. The van der Waals surface area contributed by atoms with Gasteiger partial charge in [-0.15, -0.1) is 0 Å². The minimum atomic E-state index is 0.179. The Hall–Kier alpha value is -1.98. The third kappa shape index (κ3) is 3.53. The van der Waals surface area contributed by atoms with E-state index in [-0.39, 0.29) is 6.10 Å². The SMILES string of the molecule is CCc1nc(N[C@@H]2C[C@H]3CO[C@@H](c4ccccc4)CN3C2)ncc1C. The van der Waals surface area contributed by atoms with Gasteiger partial charge in [0.1, 0.15) is 0 Å². The summed E-state index contributed by atoms with van der Waals surface area (Å²) in [6.07, 6.45) is 4.12. The Morgan fingerprint density at radius 3 is 2.88 bits per heavy atom. The number of nitrogens with one attached hydrogen (secondary N) is 1. The molecule has 0 aliphatic carbocycles. The van der Waals surface area contributed by atoms with Crippen molar-refractivity contribution in [2.45, 2.75) is 44.9 Å². The van der Waals surface area contributed by atoms with Gasteiger partial charge in [-0.25, -0.2) is 9.97 Å². The largest absolute Gasteiger partial charge is 0.371 e. The predicted octanol–water partition coefficient (Wildman–Crippen LogP) is 2.97. The molecule has 2 fully saturated rings. The number of hydrogen-bond donors (Lipinski definition) is 1. The summed E-state index contributed by atoms with van der Waals surface area (Å²) in [6.45, 7) is 6.99. The van der Waals surface area contributed by atoms with Gasteiger partial charge in [-0.05, 0) is 30.9 Å². The van der Waals surface area contributed by atoms with Gasteiger partial charge in [0.05, 0.1) is 12.7 Å². The van der Waals surface area contributed by atoms with E-state index >= 15 is 0 Å². The van der Waals surface area contributed by atoms with E-state index in [1.165, 1.54) is 5.56 Å². The van der Waals surface area contributed by atoms with Crippen LogP contribution in [0.15, 0.2) is 36.5 Å². The first-order chi connectivity index (χ1) is 12.2. The second kappa shape index (κ2) is 7.10. The molecule has 5 nitrogen and oxygen atoms in total. The van der Waals surface area contributed by atoms with Crippen molar-refractivity contribution < 1.29 is 4.74 Å². The molecule has 2 saturated heterocycles. The average molecular weight is 338 g/mol. The van der Waals surface area contributed by atoms with Gasteiger partial charge < -0.3 is 10.1 Å². The molecule has 3 heterocycles. The van der Waals surface area contributed by atoms with E-state index in [1.54, 1.807) is 0 Å². The maximum Gasteiger partial charge on any atom is 0.223 e. The van der Waals surface area contributed by atoms with Gasteiger partial charge in [0.15, 0.2) is 0 Å². The van der Waals surface area contributed by atoms with E-state index < -0.39 is 0 Å². The van der Waals surface area contributed by atoms with Crippen LogP contribution in [0.25, 0.3) is 0 Å². The molecule has 5 heteroatoms. The third-order valence-electron chi connectivity index (χ3n) is 5.33. The smallest absolute Gasteiger partial charge is 0.223 e. The monoisotopic (exact) mass is 338 g/mol. The van der Waals surface area contributed by atoms with Crippen molar-refractivity contribution in [3.8, 4) is 0 Å². The summed E-state index contributed by atoms with van der Waals surface area (Å²) in [7, 11) is 0. The second-order valence-corrected chi connectivity index (χ2v) is 7.09. The van der Waals surface area contributed by atoms with Crippen LogP contribution in [-0.2, 0) is 11.2 Å². The lowest BCUT2D eigenvalue weighted by Crippen LogP contribution is -2.42. The van der Waals surface area contributed by atoms with Crippen molar-refractivity contribution >= 4 is 5.95 Å². The van der Waals surface area contributed by atoms with Crippen LogP contribution in [0.2, 0.25) is 0 Å². The lowest BCUT2D eigenvalue weighted by atomic mass is 10.1. The van der Waals surface area contributed by atoms with Crippen LogP contribution in [0.4, 0.5) is 5.95 Å². The second-order valence-electron chi connectivity index (χ2n) is 7.09. The van der Waals surface area contributed by atoms with Crippen molar-refractivity contribution in [2.24, 2.45) is 0 Å². The van der Waals surface area contributed by atoms with Gasteiger partial charge in [-0.3, -0.25) is 4.90 Å². The highest BCUT2D eigenvalue weighted by Gasteiger charge is 2.37. The molecule has 0 unspecified atom stereocenters. The zero-order valence-electron chi connectivity index (χ0n) is 15.0. The number of nitrogens with zero attached hydrogens (tertiary/aromatic N) is 3. The Balaban J connectivity index is 1.40. The van der Waals surface area contributed by atoms with Crippen LogP contribution < -0.4 is 5.32 Å². The van der Waals surface area contributed by atoms with Gasteiger partial charge in [-0.1, -0.05) is 37.3 Å². The summed E-state index contributed by atoms with van der Waals surface area (Å²) < 4.78 is 6.13. The molecule has 3 atom stereocenters. The highest BCUT2D eigenvalue weighted by atomic mass is 16.5. The van der Waals surface area contributed by atoms with E-state index in [0.717, 1.165) is 49.7 Å². The van der Waals surface area contributed by atoms with E-state index in [9.17, 15) is 0 Å². The number of ether oxygens (including phenoxy) is 1. The fourth-order valence-corrected chi connectivity index (χ4v) is 3.94. The minimum Gasteiger partial charge on any atom is -0.371 e. The maximum absolute atomic E-state index is 6.13. The molecule has 2 aliphatic rings. The zero-order valence-corrected chi connectivity index (χ0v) is 15.0. The summed E-state index contributed by atoms with van der Waals surface area (Å²) in [5.41, 5.74) is 3.56. The van der Waals surface area contributed by atoms with Gasteiger partial charge in [0.25, 0.3) is 0 Å². The number of hydrogen-bond acceptors (Lipinski definition) is 5. The number of anilines is 1. The number of aryl methyl sites for hydroxylation is 2. The predicted molar refractivity (Wildman–Crippen MR) is 98.7 cm³/mol. The highest BCUT2D eigenvalue weighted by Crippen LogP contribution is 2.31. The van der Waals surface area contributed by atoms with E-state index in [0.29, 0.717) is 12.1 Å². The minimum absolute atomic E-state index is 0.179. The van der Waals surface area contributed by atoms with Crippen molar-refractivity contribution in [3.05, 3.63) is 53.3 Å². The molecule has 25 heavy (non-hydrogen) atoms. The molecule has 0 bridgehead atoms. The van der Waals surface area contributed by atoms with Gasteiger partial charge >= 0.3 is 0 Å². The van der Waals surface area contributed by atoms with Crippen molar-refractivity contribution in [1.29, 1.82) is 0 Å². The summed E-state index contributed by atoms with van der Waals surface area (Å²) in [6, 6.07) is 11.4. The number of fused-ring (bicyclic) bond motifs is 1. The Bertz CT molecular complexity index is 721. The molecule has 1 N–H and O–H groups in total. The van der Waals surface area contributed by atoms with Crippen LogP contribution in [0.3, 0.4) is 0 Å². The summed E-state index contributed by atoms with van der Waals surface area (Å²) in [5.74, 6) is 0.757. The fourth-order valence-electron chi connectivity index (χ4n) is 3.94. The Morgan fingerprint density at radius 2 is 2.08 bits per heavy atom. The molecule has 2 aliphatic heterocycles. The fraction of sp³-hybridized carbons (Fsp3) is 0.500. The van der Waals surface area contributed by atoms with Gasteiger partial charge in [-0.2, -0.15) is 0 Å². The molecule has 0 amide bonds. The summed E-state index contributed by atoms with van der Waals surface area (Å²) >= 11 is 0. The average Bonchev–Trinajstić information content (AvgIpc) is 3.05. The normalized spacial score (nSPS) is 26.4. The Morgan fingerprint density at radius 1 is 1.24 bits per heavy atom. The Kier molecular flexibility index (Phi) is 4.68. The van der Waals surface area contributed by atoms with E-state index in [2.05, 4.69) is 64.4 Å². The first-order valence-electron chi connectivity index (χ1n) is 9.22. The standard InChI is InChI=1S/C20H26N4O/c1-3-18-14(2)10-21-20(23-18)22-16-9-17-13-25-19(12-24(17)11-16)15-7-5-4-6-8-15/h4-8,10,16-17,19H,3,9,11-13H2,1-2H3,(H,21,22,23)/t16-,17+,19-/m1/s1. The molecule has 4 rings (SSSR count). The van der Waals surface area contributed by atoms with Gasteiger partial charge in [0, 0.05) is 37.1 Å². The molecule has 0 spiro atoms. The van der Waals surface area contributed by atoms with Crippen molar-refractivity contribution in [3.63, 3.8) is 0 Å². The molecular formula is C20H26N4O. The molecule has 0 saturated carbocycles. The third-order valence-corrected chi connectivity index (χ3v) is 5.33. The lowest BCUT2D eigenvalue weighted by molar-refractivity contribution is -0.0501. The number of aromatic nitrogens is 2. The quantitative estimate of drug-likeness (QED) is 0.929. The van der Waals surface area contributed by atoms with Crippen molar-refractivity contribution in [1.82, 2.24) is 14.9 Å². The molecule has 1 aromatic carbocycles. The molecular weight excluding hydrogens is 312 g/mol.